The van der Waals surface area contributed by atoms with Crippen LogP contribution in [0.25, 0.3) is 0 Å². The summed E-state index contributed by atoms with van der Waals surface area (Å²) in [7, 11) is 0. The number of rotatable bonds is 8. The minimum atomic E-state index is -0.247. The van der Waals surface area contributed by atoms with E-state index >= 15 is 0 Å². The number of ether oxygens (including phenoxy) is 2. The van der Waals surface area contributed by atoms with Crippen molar-refractivity contribution in [2.45, 2.75) is 70.6 Å². The molecule has 3 aromatic rings. The summed E-state index contributed by atoms with van der Waals surface area (Å²) in [6.07, 6.45) is 7.17. The lowest BCUT2D eigenvalue weighted by atomic mass is 9.86. The Kier molecular flexibility index (Phi) is 7.91. The number of amides is 2. The van der Waals surface area contributed by atoms with Crippen LogP contribution in [0, 0.1) is 12.8 Å². The van der Waals surface area contributed by atoms with Crippen LogP contribution in [0.3, 0.4) is 0 Å². The van der Waals surface area contributed by atoms with Gasteiger partial charge in [-0.15, -0.1) is 0 Å². The van der Waals surface area contributed by atoms with Gasteiger partial charge in [-0.05, 0) is 80.0 Å². The summed E-state index contributed by atoms with van der Waals surface area (Å²) in [4.78, 5) is 28.3. The molecule has 2 atom stereocenters. The van der Waals surface area contributed by atoms with Crippen molar-refractivity contribution < 1.29 is 23.5 Å². The zero-order valence-corrected chi connectivity index (χ0v) is 23.2. The molecule has 2 unspecified atom stereocenters. The summed E-state index contributed by atoms with van der Waals surface area (Å²) in [5, 5.41) is 2.89. The molecule has 2 aliphatic heterocycles. The molecule has 40 heavy (non-hydrogen) atoms. The van der Waals surface area contributed by atoms with E-state index in [4.69, 9.17) is 13.9 Å². The SMILES string of the molecule is Cc1ccc(C2c3cc(OCc4ccc(C(=O)NCC5CCCO5)o4)ccc3CCN2C(=O)C2CCCC2)cc1. The molecular weight excluding hydrogens is 504 g/mol. The van der Waals surface area contributed by atoms with Gasteiger partial charge in [-0.3, -0.25) is 9.59 Å². The number of carbonyl (C=O) groups is 2. The maximum atomic E-state index is 13.7. The Bertz CT molecular complexity index is 1340. The van der Waals surface area contributed by atoms with E-state index in [0.29, 0.717) is 18.1 Å². The van der Waals surface area contributed by atoms with Gasteiger partial charge in [0.05, 0.1) is 12.1 Å². The van der Waals surface area contributed by atoms with Gasteiger partial charge in [0.2, 0.25) is 5.91 Å². The largest absolute Gasteiger partial charge is 0.486 e. The molecule has 0 radical (unpaired) electrons. The van der Waals surface area contributed by atoms with E-state index in [1.54, 1.807) is 12.1 Å². The van der Waals surface area contributed by atoms with Crippen molar-refractivity contribution in [3.63, 3.8) is 0 Å². The van der Waals surface area contributed by atoms with Gasteiger partial charge in [0.15, 0.2) is 5.76 Å². The summed E-state index contributed by atoms with van der Waals surface area (Å²) in [6, 6.07) is 18.0. The Morgan fingerprint density at radius 2 is 1.82 bits per heavy atom. The van der Waals surface area contributed by atoms with E-state index in [1.807, 2.05) is 6.07 Å². The highest BCUT2D eigenvalue weighted by Gasteiger charge is 2.36. The molecule has 6 rings (SSSR count). The third-order valence-electron chi connectivity index (χ3n) is 8.51. The second kappa shape index (κ2) is 11.9. The molecule has 1 saturated heterocycles. The third kappa shape index (κ3) is 5.80. The Labute approximate surface area is 235 Å². The van der Waals surface area contributed by atoms with Gasteiger partial charge in [-0.1, -0.05) is 48.7 Å². The lowest BCUT2D eigenvalue weighted by Gasteiger charge is -2.39. The van der Waals surface area contributed by atoms with Crippen LogP contribution >= 0.6 is 0 Å². The second-order valence-corrected chi connectivity index (χ2v) is 11.3. The van der Waals surface area contributed by atoms with E-state index in [0.717, 1.165) is 69.2 Å². The molecule has 0 bridgehead atoms. The van der Waals surface area contributed by atoms with Gasteiger partial charge in [0.25, 0.3) is 5.91 Å². The van der Waals surface area contributed by atoms with Gasteiger partial charge in [0.1, 0.15) is 18.1 Å². The molecule has 0 spiro atoms. The first kappa shape index (κ1) is 26.6. The minimum absolute atomic E-state index is 0.0823. The van der Waals surface area contributed by atoms with Gasteiger partial charge >= 0.3 is 0 Å². The number of benzene rings is 2. The highest BCUT2D eigenvalue weighted by atomic mass is 16.5. The lowest BCUT2D eigenvalue weighted by Crippen LogP contribution is -2.43. The number of carbonyl (C=O) groups excluding carboxylic acids is 2. The first-order valence-corrected chi connectivity index (χ1v) is 14.7. The average molecular weight is 543 g/mol. The molecule has 1 aliphatic carbocycles. The van der Waals surface area contributed by atoms with Crippen LogP contribution in [0.15, 0.2) is 59.0 Å². The van der Waals surface area contributed by atoms with Crippen molar-refractivity contribution in [2.75, 3.05) is 19.7 Å². The third-order valence-corrected chi connectivity index (χ3v) is 8.51. The van der Waals surface area contributed by atoms with Crippen LogP contribution < -0.4 is 10.1 Å². The molecule has 7 nitrogen and oxygen atoms in total. The fourth-order valence-electron chi connectivity index (χ4n) is 6.27. The summed E-state index contributed by atoms with van der Waals surface area (Å²) in [5.74, 6) is 1.72. The number of nitrogens with one attached hydrogen (secondary N) is 1. The van der Waals surface area contributed by atoms with Crippen molar-refractivity contribution in [1.29, 1.82) is 0 Å². The standard InChI is InChI=1S/C33H38N2O5/c1-22-8-10-24(11-9-22)31-29-19-26(13-12-23(29)16-17-35(31)33(37)25-5-2-3-6-25)39-21-28-14-15-30(40-28)32(36)34-20-27-7-4-18-38-27/h8-15,19,25,27,31H,2-7,16-18,20-21H2,1H3,(H,34,36). The maximum Gasteiger partial charge on any atom is 0.287 e. The average Bonchev–Trinajstić information content (AvgIpc) is 3.78. The van der Waals surface area contributed by atoms with Crippen LogP contribution in [0.4, 0.5) is 0 Å². The normalized spacial score (nSPS) is 20.9. The van der Waals surface area contributed by atoms with E-state index in [9.17, 15) is 9.59 Å². The number of aryl methyl sites for hydroxylation is 1. The second-order valence-electron chi connectivity index (χ2n) is 11.3. The molecule has 2 amide bonds. The maximum absolute atomic E-state index is 13.7. The molecule has 7 heteroatoms. The van der Waals surface area contributed by atoms with Gasteiger partial charge < -0.3 is 24.1 Å². The number of nitrogens with zero attached hydrogens (tertiary/aromatic N) is 1. The van der Waals surface area contributed by atoms with E-state index in [2.05, 4.69) is 53.5 Å². The molecule has 2 aromatic carbocycles. The molecule has 210 valence electrons. The molecular formula is C33H38N2O5. The zero-order valence-electron chi connectivity index (χ0n) is 23.2. The highest BCUT2D eigenvalue weighted by molar-refractivity contribution is 5.91. The van der Waals surface area contributed by atoms with E-state index < -0.39 is 0 Å². The highest BCUT2D eigenvalue weighted by Crippen LogP contribution is 2.40. The monoisotopic (exact) mass is 542 g/mol. The topological polar surface area (TPSA) is 81.0 Å². The summed E-state index contributed by atoms with van der Waals surface area (Å²) in [5.41, 5.74) is 4.69. The van der Waals surface area contributed by atoms with E-state index in [1.165, 1.54) is 11.1 Å². The molecule has 1 aromatic heterocycles. The molecule has 1 N–H and O–H groups in total. The molecule has 3 aliphatic rings. The number of furan rings is 1. The number of hydrogen-bond acceptors (Lipinski definition) is 5. The Morgan fingerprint density at radius 1 is 1.00 bits per heavy atom. The smallest absolute Gasteiger partial charge is 0.287 e. The van der Waals surface area contributed by atoms with Crippen molar-refractivity contribution in [3.8, 4) is 5.75 Å². The minimum Gasteiger partial charge on any atom is -0.486 e. The quantitative estimate of drug-likeness (QED) is 0.393. The van der Waals surface area contributed by atoms with Crippen LogP contribution in [-0.2, 0) is 22.6 Å². The number of hydrogen-bond donors (Lipinski definition) is 1. The summed E-state index contributed by atoms with van der Waals surface area (Å²) < 4.78 is 17.5. The fourth-order valence-corrected chi connectivity index (χ4v) is 6.27. The van der Waals surface area contributed by atoms with Crippen LogP contribution in [0.1, 0.15) is 83.1 Å². The Balaban J connectivity index is 1.17. The molecule has 2 fully saturated rings. The predicted octanol–water partition coefficient (Wildman–Crippen LogP) is 5.74. The summed E-state index contributed by atoms with van der Waals surface area (Å²) in [6.45, 7) is 4.26. The van der Waals surface area contributed by atoms with E-state index in [-0.39, 0.29) is 42.2 Å². The van der Waals surface area contributed by atoms with Crippen LogP contribution in [0.5, 0.6) is 5.75 Å². The van der Waals surface area contributed by atoms with Crippen LogP contribution in [0.2, 0.25) is 0 Å². The fraction of sp³-hybridized carbons (Fsp3) is 0.455. The zero-order chi connectivity index (χ0) is 27.5. The van der Waals surface area contributed by atoms with Crippen molar-refractivity contribution in [3.05, 3.63) is 88.4 Å². The predicted molar refractivity (Wildman–Crippen MR) is 151 cm³/mol. The van der Waals surface area contributed by atoms with Crippen molar-refractivity contribution in [1.82, 2.24) is 10.2 Å². The molecule has 3 heterocycles. The first-order chi connectivity index (χ1) is 19.5. The lowest BCUT2D eigenvalue weighted by molar-refractivity contribution is -0.137. The van der Waals surface area contributed by atoms with Gasteiger partial charge in [-0.2, -0.15) is 0 Å². The van der Waals surface area contributed by atoms with Crippen molar-refractivity contribution >= 4 is 11.8 Å². The summed E-state index contributed by atoms with van der Waals surface area (Å²) >= 11 is 0. The Morgan fingerprint density at radius 3 is 2.60 bits per heavy atom. The first-order valence-electron chi connectivity index (χ1n) is 14.7. The van der Waals surface area contributed by atoms with Crippen molar-refractivity contribution in [2.24, 2.45) is 5.92 Å². The van der Waals surface area contributed by atoms with Gasteiger partial charge in [-0.25, -0.2) is 0 Å². The Hall–Kier alpha value is -3.58. The van der Waals surface area contributed by atoms with Crippen LogP contribution in [-0.4, -0.2) is 42.5 Å². The molecule has 1 saturated carbocycles. The van der Waals surface area contributed by atoms with Gasteiger partial charge in [0, 0.05) is 25.6 Å². The number of fused-ring (bicyclic) bond motifs is 1.